The number of rotatable bonds is 3. The molecule has 2 aromatic rings. The molecular formula is C12H12ClN3O. The van der Waals surface area contributed by atoms with E-state index in [0.717, 1.165) is 11.4 Å². The Bertz CT molecular complexity index is 531. The molecule has 5 heteroatoms. The third-order valence-electron chi connectivity index (χ3n) is 2.28. The molecule has 0 fully saturated rings. The van der Waals surface area contributed by atoms with Crippen molar-refractivity contribution in [2.24, 2.45) is 0 Å². The van der Waals surface area contributed by atoms with Crippen LogP contribution in [0.25, 0.3) is 0 Å². The van der Waals surface area contributed by atoms with Crippen LogP contribution >= 0.6 is 11.6 Å². The van der Waals surface area contributed by atoms with Gasteiger partial charge in [-0.2, -0.15) is 0 Å². The maximum Gasteiger partial charge on any atom is 0.137 e. The van der Waals surface area contributed by atoms with Gasteiger partial charge in [-0.25, -0.2) is 0 Å². The average Bonchev–Trinajstić information content (AvgIpc) is 2.32. The predicted octanol–water partition coefficient (Wildman–Crippen LogP) is 3.07. The van der Waals surface area contributed by atoms with Crippen LogP contribution in [-0.4, -0.2) is 12.1 Å². The number of hydrogen-bond acceptors (Lipinski definition) is 4. The highest BCUT2D eigenvalue weighted by Gasteiger charge is 2.03. The number of pyridine rings is 1. The van der Waals surface area contributed by atoms with E-state index in [4.69, 9.17) is 22.1 Å². The number of ether oxygens (including phenoxy) is 1. The first-order valence-electron chi connectivity index (χ1n) is 5.01. The van der Waals surface area contributed by atoms with E-state index in [1.54, 1.807) is 37.7 Å². The summed E-state index contributed by atoms with van der Waals surface area (Å²) in [6.45, 7) is 0. The molecule has 1 aromatic heterocycles. The van der Waals surface area contributed by atoms with Gasteiger partial charge in [0.15, 0.2) is 0 Å². The Hall–Kier alpha value is -1.94. The Morgan fingerprint density at radius 1 is 1.35 bits per heavy atom. The second-order valence-corrected chi connectivity index (χ2v) is 3.84. The van der Waals surface area contributed by atoms with Gasteiger partial charge >= 0.3 is 0 Å². The fourth-order valence-corrected chi connectivity index (χ4v) is 1.68. The first-order valence-corrected chi connectivity index (χ1v) is 5.38. The van der Waals surface area contributed by atoms with Crippen LogP contribution < -0.4 is 15.8 Å². The molecule has 0 saturated heterocycles. The van der Waals surface area contributed by atoms with Crippen LogP contribution in [0.4, 0.5) is 17.1 Å². The lowest BCUT2D eigenvalue weighted by Gasteiger charge is -2.10. The number of halogens is 1. The Balaban J connectivity index is 2.25. The maximum atomic E-state index is 6.03. The molecule has 0 atom stereocenters. The fraction of sp³-hybridized carbons (Fsp3) is 0.0833. The summed E-state index contributed by atoms with van der Waals surface area (Å²) in [7, 11) is 1.58. The van der Waals surface area contributed by atoms with Crippen molar-refractivity contribution >= 4 is 28.7 Å². The molecule has 0 bridgehead atoms. The van der Waals surface area contributed by atoms with E-state index in [0.29, 0.717) is 16.5 Å². The molecule has 3 N–H and O–H groups in total. The molecule has 0 radical (unpaired) electrons. The second-order valence-electron chi connectivity index (χ2n) is 3.44. The van der Waals surface area contributed by atoms with E-state index in [9.17, 15) is 0 Å². The molecule has 1 aromatic carbocycles. The van der Waals surface area contributed by atoms with Gasteiger partial charge in [0, 0.05) is 11.9 Å². The Kier molecular flexibility index (Phi) is 3.35. The number of anilines is 3. The molecule has 0 spiro atoms. The highest BCUT2D eigenvalue weighted by Crippen LogP contribution is 2.29. The fourth-order valence-electron chi connectivity index (χ4n) is 1.42. The lowest BCUT2D eigenvalue weighted by Crippen LogP contribution is -1.97. The zero-order valence-electron chi connectivity index (χ0n) is 9.27. The number of nitrogen functional groups attached to an aromatic ring is 1. The van der Waals surface area contributed by atoms with Gasteiger partial charge in [0.1, 0.15) is 5.75 Å². The molecule has 2 rings (SSSR count). The second kappa shape index (κ2) is 4.93. The molecule has 0 aliphatic heterocycles. The summed E-state index contributed by atoms with van der Waals surface area (Å²) in [5.74, 6) is 0.639. The highest BCUT2D eigenvalue weighted by molar-refractivity contribution is 6.32. The van der Waals surface area contributed by atoms with E-state index in [1.165, 1.54) is 0 Å². The molecule has 88 valence electrons. The van der Waals surface area contributed by atoms with Gasteiger partial charge < -0.3 is 15.8 Å². The number of nitrogens with zero attached hydrogens (tertiary/aromatic N) is 1. The Morgan fingerprint density at radius 3 is 2.82 bits per heavy atom. The van der Waals surface area contributed by atoms with E-state index in [2.05, 4.69) is 10.3 Å². The topological polar surface area (TPSA) is 60.2 Å². The number of aromatic nitrogens is 1. The third kappa shape index (κ3) is 2.60. The summed E-state index contributed by atoms with van der Waals surface area (Å²) in [6.07, 6.45) is 3.26. The van der Waals surface area contributed by atoms with Crippen LogP contribution in [-0.2, 0) is 0 Å². The van der Waals surface area contributed by atoms with Crippen molar-refractivity contribution in [1.82, 2.24) is 4.98 Å². The van der Waals surface area contributed by atoms with Gasteiger partial charge in [-0.15, -0.1) is 0 Å². The van der Waals surface area contributed by atoms with Gasteiger partial charge in [-0.05, 0) is 24.3 Å². The van der Waals surface area contributed by atoms with E-state index >= 15 is 0 Å². The summed E-state index contributed by atoms with van der Waals surface area (Å²) in [4.78, 5) is 3.92. The summed E-state index contributed by atoms with van der Waals surface area (Å²) >= 11 is 6.03. The van der Waals surface area contributed by atoms with Gasteiger partial charge in [0.25, 0.3) is 0 Å². The van der Waals surface area contributed by atoms with Gasteiger partial charge in [0.2, 0.25) is 0 Å². The van der Waals surface area contributed by atoms with Crippen LogP contribution in [0.5, 0.6) is 5.75 Å². The monoisotopic (exact) mass is 249 g/mol. The number of methoxy groups -OCH3 is 1. The minimum Gasteiger partial charge on any atom is -0.495 e. The van der Waals surface area contributed by atoms with E-state index in [-0.39, 0.29) is 0 Å². The van der Waals surface area contributed by atoms with Crippen LogP contribution in [0, 0.1) is 0 Å². The Labute approximate surface area is 104 Å². The van der Waals surface area contributed by atoms with Gasteiger partial charge in [-0.3, -0.25) is 4.98 Å². The lowest BCUT2D eigenvalue weighted by atomic mass is 10.2. The molecule has 0 unspecified atom stereocenters. The van der Waals surface area contributed by atoms with Crippen LogP contribution in [0.3, 0.4) is 0 Å². The van der Waals surface area contributed by atoms with Crippen LogP contribution in [0.2, 0.25) is 5.02 Å². The number of benzene rings is 1. The number of nitrogens with two attached hydrogens (primary N) is 1. The molecule has 0 aliphatic rings. The summed E-state index contributed by atoms with van der Waals surface area (Å²) in [6, 6.07) is 7.24. The molecule has 0 amide bonds. The van der Waals surface area contributed by atoms with Crippen molar-refractivity contribution in [1.29, 1.82) is 0 Å². The number of nitrogens with one attached hydrogen (secondary N) is 1. The molecule has 0 aliphatic carbocycles. The highest BCUT2D eigenvalue weighted by atomic mass is 35.5. The standard InChI is InChI=1S/C12H12ClN3O/c1-17-12-3-2-8(6-9(12)13)16-11-4-5-15-7-10(11)14/h2-7H,14H2,1H3,(H,15,16). The summed E-state index contributed by atoms with van der Waals surface area (Å²) < 4.78 is 5.08. The first-order chi connectivity index (χ1) is 8.20. The van der Waals surface area contributed by atoms with Crippen molar-refractivity contribution in [2.45, 2.75) is 0 Å². The van der Waals surface area contributed by atoms with Gasteiger partial charge in [-0.1, -0.05) is 11.6 Å². The van der Waals surface area contributed by atoms with Crippen molar-refractivity contribution < 1.29 is 4.74 Å². The minimum atomic E-state index is 0.546. The van der Waals surface area contributed by atoms with Crippen molar-refractivity contribution in [3.63, 3.8) is 0 Å². The summed E-state index contributed by atoms with van der Waals surface area (Å²) in [5.41, 5.74) is 8.00. The first kappa shape index (κ1) is 11.5. The molecule has 1 heterocycles. The van der Waals surface area contributed by atoms with Crippen LogP contribution in [0.15, 0.2) is 36.7 Å². The van der Waals surface area contributed by atoms with Crippen LogP contribution in [0.1, 0.15) is 0 Å². The zero-order valence-corrected chi connectivity index (χ0v) is 10.0. The molecule has 0 saturated carbocycles. The lowest BCUT2D eigenvalue weighted by molar-refractivity contribution is 0.415. The Morgan fingerprint density at radius 2 is 2.18 bits per heavy atom. The predicted molar refractivity (Wildman–Crippen MR) is 69.9 cm³/mol. The average molecular weight is 250 g/mol. The van der Waals surface area contributed by atoms with Crippen molar-refractivity contribution in [3.05, 3.63) is 41.7 Å². The third-order valence-corrected chi connectivity index (χ3v) is 2.58. The van der Waals surface area contributed by atoms with Crippen molar-refractivity contribution in [2.75, 3.05) is 18.2 Å². The van der Waals surface area contributed by atoms with Gasteiger partial charge in [0.05, 0.1) is 29.7 Å². The smallest absolute Gasteiger partial charge is 0.137 e. The van der Waals surface area contributed by atoms with E-state index in [1.807, 2.05) is 6.07 Å². The SMILES string of the molecule is COc1ccc(Nc2ccncc2N)cc1Cl. The normalized spacial score (nSPS) is 10.0. The van der Waals surface area contributed by atoms with E-state index < -0.39 is 0 Å². The van der Waals surface area contributed by atoms with Crippen molar-refractivity contribution in [3.8, 4) is 5.75 Å². The summed E-state index contributed by atoms with van der Waals surface area (Å²) in [5, 5.41) is 3.71. The quantitative estimate of drug-likeness (QED) is 0.878. The molecule has 4 nitrogen and oxygen atoms in total. The molecule has 17 heavy (non-hydrogen) atoms. The number of hydrogen-bond donors (Lipinski definition) is 2. The minimum absolute atomic E-state index is 0.546. The molecular weight excluding hydrogens is 238 g/mol. The largest absolute Gasteiger partial charge is 0.495 e. The zero-order chi connectivity index (χ0) is 12.3. The maximum absolute atomic E-state index is 6.03.